The lowest BCUT2D eigenvalue weighted by Crippen LogP contribution is -2.44. The van der Waals surface area contributed by atoms with E-state index in [1.54, 1.807) is 25.2 Å². The number of halogens is 3. The van der Waals surface area contributed by atoms with E-state index in [2.05, 4.69) is 15.0 Å². The molecule has 0 spiro atoms. The fourth-order valence-corrected chi connectivity index (χ4v) is 4.14. The summed E-state index contributed by atoms with van der Waals surface area (Å²) in [5.74, 6) is -3.42. The molecule has 3 aromatic heterocycles. The van der Waals surface area contributed by atoms with E-state index in [9.17, 15) is 18.7 Å². The van der Waals surface area contributed by atoms with E-state index in [0.717, 1.165) is 6.07 Å². The minimum Gasteiger partial charge on any atom is -0.475 e. The average Bonchev–Trinajstić information content (AvgIpc) is 3.12. The molecule has 0 aliphatic carbocycles. The van der Waals surface area contributed by atoms with E-state index in [-0.39, 0.29) is 29.4 Å². The third-order valence-corrected chi connectivity index (χ3v) is 6.06. The number of amides is 1. The molecule has 0 radical (unpaired) electrons. The average molecular weight is 497 g/mol. The molecule has 0 fully saturated rings. The molecule has 8 nitrogen and oxygen atoms in total. The molecular formula is C25H22F3N5O3. The highest BCUT2D eigenvalue weighted by atomic mass is 19.2. The van der Waals surface area contributed by atoms with Gasteiger partial charge in [0.2, 0.25) is 5.82 Å². The van der Waals surface area contributed by atoms with Crippen molar-refractivity contribution < 1.29 is 27.8 Å². The van der Waals surface area contributed by atoms with E-state index >= 15 is 4.39 Å². The summed E-state index contributed by atoms with van der Waals surface area (Å²) in [7, 11) is 0. The lowest BCUT2D eigenvalue weighted by molar-refractivity contribution is -0.125. The zero-order valence-electron chi connectivity index (χ0n) is 19.9. The second kappa shape index (κ2) is 8.30. The van der Waals surface area contributed by atoms with Gasteiger partial charge in [0.05, 0.1) is 23.6 Å². The number of hydrogen-bond donors (Lipinski definition) is 1. The van der Waals surface area contributed by atoms with Crippen molar-refractivity contribution in [3.05, 3.63) is 71.5 Å². The number of ether oxygens (including phenoxy) is 1. The Morgan fingerprint density at radius 2 is 1.83 bits per heavy atom. The number of fused-ring (bicyclic) bond motifs is 2. The first kappa shape index (κ1) is 23.7. The van der Waals surface area contributed by atoms with Crippen LogP contribution in [0.3, 0.4) is 0 Å². The van der Waals surface area contributed by atoms with Crippen molar-refractivity contribution in [2.75, 3.05) is 4.90 Å². The van der Waals surface area contributed by atoms with Gasteiger partial charge in [0.1, 0.15) is 17.1 Å². The molecule has 186 valence electrons. The third kappa shape index (κ3) is 3.85. The maximum absolute atomic E-state index is 15.0. The van der Waals surface area contributed by atoms with Crippen LogP contribution >= 0.6 is 0 Å². The number of rotatable bonds is 4. The molecule has 0 saturated heterocycles. The van der Waals surface area contributed by atoms with Crippen LogP contribution in [0.5, 0.6) is 5.75 Å². The van der Waals surface area contributed by atoms with Gasteiger partial charge in [-0.3, -0.25) is 9.69 Å². The number of aryl methyl sites for hydroxylation is 1. The summed E-state index contributed by atoms with van der Waals surface area (Å²) in [6.07, 6.45) is 3.31. The number of nitrogens with zero attached hydrogens (tertiary/aromatic N) is 5. The van der Waals surface area contributed by atoms with Crippen LogP contribution in [0.4, 0.5) is 18.9 Å². The summed E-state index contributed by atoms with van der Waals surface area (Å²) in [6, 6.07) is 3.46. The van der Waals surface area contributed by atoms with Crippen LogP contribution in [0.25, 0.3) is 16.8 Å². The first-order chi connectivity index (χ1) is 17.0. The lowest BCUT2D eigenvalue weighted by atomic mass is 10.1. The van der Waals surface area contributed by atoms with Crippen molar-refractivity contribution in [3.63, 3.8) is 0 Å². The van der Waals surface area contributed by atoms with Crippen LogP contribution in [0.2, 0.25) is 0 Å². The number of aromatic nitrogens is 4. The Balaban J connectivity index is 1.60. The second-order valence-electron chi connectivity index (χ2n) is 9.16. The van der Waals surface area contributed by atoms with Crippen LogP contribution in [-0.4, -0.2) is 36.5 Å². The minimum absolute atomic E-state index is 0.0448. The van der Waals surface area contributed by atoms with Crippen LogP contribution in [0.1, 0.15) is 38.0 Å². The van der Waals surface area contributed by atoms with E-state index in [4.69, 9.17) is 4.74 Å². The molecule has 0 saturated carbocycles. The molecule has 5 rings (SSSR count). The predicted molar refractivity (Wildman–Crippen MR) is 124 cm³/mol. The van der Waals surface area contributed by atoms with Crippen LogP contribution in [0.15, 0.2) is 36.8 Å². The van der Waals surface area contributed by atoms with Gasteiger partial charge < -0.3 is 14.2 Å². The number of hydrogen-bond acceptors (Lipinski definition) is 6. The van der Waals surface area contributed by atoms with E-state index in [0.29, 0.717) is 22.6 Å². The fraction of sp³-hybridized carbons (Fsp3) is 0.280. The molecule has 0 bridgehead atoms. The molecule has 1 aliphatic heterocycles. The Morgan fingerprint density at radius 3 is 2.50 bits per heavy atom. The Bertz CT molecular complexity index is 1510. The summed E-state index contributed by atoms with van der Waals surface area (Å²) in [5.41, 5.74) is 0.754. The van der Waals surface area contributed by atoms with Gasteiger partial charge in [0.15, 0.2) is 23.5 Å². The molecule has 4 aromatic rings. The third-order valence-electron chi connectivity index (χ3n) is 6.06. The highest BCUT2D eigenvalue weighted by Crippen LogP contribution is 2.38. The molecule has 1 aliphatic rings. The van der Waals surface area contributed by atoms with Crippen molar-refractivity contribution in [1.82, 2.24) is 19.4 Å². The molecule has 1 amide bonds. The van der Waals surface area contributed by atoms with Gasteiger partial charge in [-0.15, -0.1) is 0 Å². The van der Waals surface area contributed by atoms with Crippen LogP contribution in [0, 0.1) is 24.4 Å². The van der Waals surface area contributed by atoms with E-state index < -0.39 is 35.1 Å². The van der Waals surface area contributed by atoms with Gasteiger partial charge in [-0.05, 0) is 39.8 Å². The van der Waals surface area contributed by atoms with Crippen molar-refractivity contribution in [1.29, 1.82) is 0 Å². The van der Waals surface area contributed by atoms with Gasteiger partial charge in [-0.25, -0.2) is 23.7 Å². The van der Waals surface area contributed by atoms with Crippen molar-refractivity contribution in [2.24, 2.45) is 0 Å². The predicted octanol–water partition coefficient (Wildman–Crippen LogP) is 4.06. The number of imidazole rings is 1. The van der Waals surface area contributed by atoms with Crippen molar-refractivity contribution >= 4 is 17.2 Å². The number of anilines is 1. The normalized spacial score (nSPS) is 15.8. The number of aliphatic hydroxyl groups is 1. The SMILES string of the molecule is Cc1nc2cc(F)c(-c3cnc(C(C)(C)O)nc3)cn2c1CN1C(=O)[C@@H](C)Oc2c1ccc(F)c2F. The van der Waals surface area contributed by atoms with Crippen molar-refractivity contribution in [3.8, 4) is 16.9 Å². The zero-order valence-corrected chi connectivity index (χ0v) is 19.9. The summed E-state index contributed by atoms with van der Waals surface area (Å²) >= 11 is 0. The summed E-state index contributed by atoms with van der Waals surface area (Å²) in [5, 5.41) is 10.1. The first-order valence-corrected chi connectivity index (χ1v) is 11.1. The number of carbonyl (C=O) groups excluding carboxylic acids is 1. The lowest BCUT2D eigenvalue weighted by Gasteiger charge is -2.33. The molecule has 11 heteroatoms. The quantitative estimate of drug-likeness (QED) is 0.457. The van der Waals surface area contributed by atoms with E-state index in [1.807, 2.05) is 0 Å². The molecule has 4 heterocycles. The molecule has 0 unspecified atom stereocenters. The monoisotopic (exact) mass is 497 g/mol. The highest BCUT2D eigenvalue weighted by molar-refractivity contribution is 5.99. The molecular weight excluding hydrogens is 475 g/mol. The largest absolute Gasteiger partial charge is 0.475 e. The summed E-state index contributed by atoms with van der Waals surface area (Å²) in [6.45, 7) is 6.20. The highest BCUT2D eigenvalue weighted by Gasteiger charge is 2.35. The number of pyridine rings is 1. The topological polar surface area (TPSA) is 92.9 Å². The Morgan fingerprint density at radius 1 is 1.14 bits per heavy atom. The molecule has 36 heavy (non-hydrogen) atoms. The van der Waals surface area contributed by atoms with Gasteiger partial charge in [-0.2, -0.15) is 4.39 Å². The molecule has 1 atom stereocenters. The molecule has 1 N–H and O–H groups in total. The van der Waals surface area contributed by atoms with Crippen LogP contribution < -0.4 is 9.64 Å². The standard InChI is InChI=1S/C25H22F3N5O3/c1-12-19(11-33-18-6-5-16(26)21(28)22(18)36-13(2)23(33)34)32-10-15(17(27)7-20(32)31-12)14-8-29-24(30-9-14)25(3,4)35/h5-10,13,35H,11H2,1-4H3/t13-/m1/s1. The first-order valence-electron chi connectivity index (χ1n) is 11.1. The van der Waals surface area contributed by atoms with Crippen molar-refractivity contribution in [2.45, 2.75) is 45.9 Å². The van der Waals surface area contributed by atoms with Gasteiger partial charge in [-0.1, -0.05) is 0 Å². The number of carbonyl (C=O) groups is 1. The molecule has 1 aromatic carbocycles. The Labute approximate surface area is 204 Å². The minimum atomic E-state index is -1.25. The second-order valence-corrected chi connectivity index (χ2v) is 9.16. The van der Waals surface area contributed by atoms with Crippen LogP contribution in [-0.2, 0) is 16.9 Å². The summed E-state index contributed by atoms with van der Waals surface area (Å²) < 4.78 is 50.2. The maximum Gasteiger partial charge on any atom is 0.268 e. The number of benzene rings is 1. The van der Waals surface area contributed by atoms with Gasteiger partial charge >= 0.3 is 0 Å². The van der Waals surface area contributed by atoms with Gasteiger partial charge in [0.25, 0.3) is 5.91 Å². The maximum atomic E-state index is 15.0. The summed E-state index contributed by atoms with van der Waals surface area (Å²) in [4.78, 5) is 27.0. The smallest absolute Gasteiger partial charge is 0.268 e. The Kier molecular flexibility index (Phi) is 5.47. The zero-order chi connectivity index (χ0) is 25.9. The van der Waals surface area contributed by atoms with E-state index in [1.165, 1.54) is 42.5 Å². The van der Waals surface area contributed by atoms with Gasteiger partial charge in [0, 0.05) is 35.8 Å². The Hall–Kier alpha value is -3.99. The fourth-order valence-electron chi connectivity index (χ4n) is 4.14.